The molecule has 0 aliphatic carbocycles. The summed E-state index contributed by atoms with van der Waals surface area (Å²) in [7, 11) is 0. The number of carbonyl (C=O) groups excluding carboxylic acids is 1. The Balaban J connectivity index is 2.68. The van der Waals surface area contributed by atoms with Crippen molar-refractivity contribution >= 4 is 5.91 Å². The van der Waals surface area contributed by atoms with E-state index in [1.165, 1.54) is 6.07 Å². The van der Waals surface area contributed by atoms with Crippen molar-refractivity contribution in [1.82, 2.24) is 5.32 Å². The molecule has 96 valence electrons. The average Bonchev–Trinajstić information content (AvgIpc) is 2.35. The van der Waals surface area contributed by atoms with Gasteiger partial charge in [-0.2, -0.15) is 0 Å². The molecule has 1 amide bonds. The molecule has 1 aromatic carbocycles. The Morgan fingerprint density at radius 2 is 2.33 bits per heavy atom. The number of hydrogen-bond acceptors (Lipinski definition) is 2. The van der Waals surface area contributed by atoms with Crippen LogP contribution < -0.4 is 11.1 Å². The summed E-state index contributed by atoms with van der Waals surface area (Å²) in [5.74, 6) is 1.52. The minimum atomic E-state index is -0.638. The molecule has 0 bridgehead atoms. The van der Waals surface area contributed by atoms with Crippen molar-refractivity contribution in [3.05, 3.63) is 35.1 Å². The number of nitrogens with two attached hydrogens (primary N) is 1. The zero-order valence-corrected chi connectivity index (χ0v) is 10.4. The first kappa shape index (κ1) is 14.2. The average molecular weight is 248 g/mol. The van der Waals surface area contributed by atoms with Crippen LogP contribution in [0.5, 0.6) is 0 Å². The van der Waals surface area contributed by atoms with Gasteiger partial charge in [0.15, 0.2) is 0 Å². The fraction of sp³-hybridized carbons (Fsp3) is 0.357. The van der Waals surface area contributed by atoms with Crippen molar-refractivity contribution in [3.63, 3.8) is 0 Å². The normalized spacial score (nSPS) is 11.8. The van der Waals surface area contributed by atoms with E-state index in [1.54, 1.807) is 6.07 Å². The highest BCUT2D eigenvalue weighted by molar-refractivity contribution is 5.92. The van der Waals surface area contributed by atoms with Crippen LogP contribution in [-0.2, 0) is 6.54 Å². The highest BCUT2D eigenvalue weighted by Gasteiger charge is 2.08. The van der Waals surface area contributed by atoms with Gasteiger partial charge in [-0.05, 0) is 18.6 Å². The standard InChI is InChI=1S/C14H17FN2O/c1-3-5-12(4-2)17-9-11-7-6-10(14(16)18)8-13(11)15/h2,6-8,12,17H,3,5,9H2,1H3,(H2,16,18). The summed E-state index contributed by atoms with van der Waals surface area (Å²) in [6.45, 7) is 2.37. The number of primary amides is 1. The van der Waals surface area contributed by atoms with Crippen LogP contribution in [0.2, 0.25) is 0 Å². The quantitative estimate of drug-likeness (QED) is 0.754. The Bertz CT molecular complexity index is 465. The van der Waals surface area contributed by atoms with Gasteiger partial charge in [-0.15, -0.1) is 6.42 Å². The fourth-order valence-corrected chi connectivity index (χ4v) is 1.61. The lowest BCUT2D eigenvalue weighted by Crippen LogP contribution is -2.27. The molecule has 0 radical (unpaired) electrons. The summed E-state index contributed by atoms with van der Waals surface area (Å²) in [6.07, 6.45) is 7.17. The molecule has 0 aromatic heterocycles. The minimum absolute atomic E-state index is 0.0646. The summed E-state index contributed by atoms with van der Waals surface area (Å²) in [6, 6.07) is 4.13. The van der Waals surface area contributed by atoms with Gasteiger partial charge in [0.25, 0.3) is 0 Å². The summed E-state index contributed by atoms with van der Waals surface area (Å²) >= 11 is 0. The lowest BCUT2D eigenvalue weighted by molar-refractivity contribution is 0.1000. The van der Waals surface area contributed by atoms with Crippen LogP contribution in [0.1, 0.15) is 35.7 Å². The molecular formula is C14H17FN2O. The van der Waals surface area contributed by atoms with Crippen LogP contribution in [0.4, 0.5) is 4.39 Å². The zero-order valence-electron chi connectivity index (χ0n) is 10.4. The zero-order chi connectivity index (χ0) is 13.5. The first-order valence-electron chi connectivity index (χ1n) is 5.86. The van der Waals surface area contributed by atoms with Gasteiger partial charge >= 0.3 is 0 Å². The fourth-order valence-electron chi connectivity index (χ4n) is 1.61. The third kappa shape index (κ3) is 3.86. The van der Waals surface area contributed by atoms with Crippen molar-refractivity contribution in [3.8, 4) is 12.3 Å². The molecule has 0 spiro atoms. The van der Waals surface area contributed by atoms with E-state index >= 15 is 0 Å². The second-order valence-corrected chi connectivity index (χ2v) is 4.06. The molecule has 1 unspecified atom stereocenters. The van der Waals surface area contributed by atoms with Crippen LogP contribution in [0, 0.1) is 18.2 Å². The van der Waals surface area contributed by atoms with Gasteiger partial charge in [0, 0.05) is 17.7 Å². The lowest BCUT2D eigenvalue weighted by atomic mass is 10.1. The van der Waals surface area contributed by atoms with Crippen molar-refractivity contribution in [2.45, 2.75) is 32.4 Å². The lowest BCUT2D eigenvalue weighted by Gasteiger charge is -2.12. The van der Waals surface area contributed by atoms with E-state index in [2.05, 4.69) is 11.2 Å². The van der Waals surface area contributed by atoms with Crippen LogP contribution in [-0.4, -0.2) is 11.9 Å². The Morgan fingerprint density at radius 3 is 2.83 bits per heavy atom. The predicted molar refractivity (Wildman–Crippen MR) is 69.3 cm³/mol. The maximum atomic E-state index is 13.7. The maximum Gasteiger partial charge on any atom is 0.248 e. The highest BCUT2D eigenvalue weighted by Crippen LogP contribution is 2.10. The third-order valence-corrected chi connectivity index (χ3v) is 2.66. The molecular weight excluding hydrogens is 231 g/mol. The Hall–Kier alpha value is -1.86. The Labute approximate surface area is 107 Å². The number of carbonyl (C=O) groups is 1. The first-order chi connectivity index (χ1) is 8.58. The molecule has 3 nitrogen and oxygen atoms in total. The van der Waals surface area contributed by atoms with Gasteiger partial charge in [0.05, 0.1) is 6.04 Å². The van der Waals surface area contributed by atoms with E-state index in [4.69, 9.17) is 12.2 Å². The molecule has 18 heavy (non-hydrogen) atoms. The van der Waals surface area contributed by atoms with E-state index in [1.807, 2.05) is 6.92 Å². The second kappa shape index (κ2) is 6.77. The van der Waals surface area contributed by atoms with E-state index in [0.717, 1.165) is 18.9 Å². The second-order valence-electron chi connectivity index (χ2n) is 4.06. The summed E-state index contributed by atoms with van der Waals surface area (Å²) in [4.78, 5) is 10.9. The number of rotatable bonds is 6. The smallest absolute Gasteiger partial charge is 0.248 e. The van der Waals surface area contributed by atoms with Crippen molar-refractivity contribution in [1.29, 1.82) is 0 Å². The monoisotopic (exact) mass is 248 g/mol. The Morgan fingerprint density at radius 1 is 1.61 bits per heavy atom. The molecule has 0 fully saturated rings. The van der Waals surface area contributed by atoms with Gasteiger partial charge in [-0.1, -0.05) is 25.3 Å². The number of nitrogens with one attached hydrogen (secondary N) is 1. The van der Waals surface area contributed by atoms with Crippen molar-refractivity contribution in [2.75, 3.05) is 0 Å². The third-order valence-electron chi connectivity index (χ3n) is 2.66. The Kier molecular flexibility index (Phi) is 5.34. The number of halogens is 1. The SMILES string of the molecule is C#CC(CCC)NCc1ccc(C(N)=O)cc1F. The molecule has 1 atom stereocenters. The maximum absolute atomic E-state index is 13.7. The first-order valence-corrected chi connectivity index (χ1v) is 5.86. The van der Waals surface area contributed by atoms with E-state index < -0.39 is 11.7 Å². The highest BCUT2D eigenvalue weighted by atomic mass is 19.1. The summed E-state index contributed by atoms with van der Waals surface area (Å²) < 4.78 is 13.7. The van der Waals surface area contributed by atoms with Crippen LogP contribution in [0.3, 0.4) is 0 Å². The number of amides is 1. The van der Waals surface area contributed by atoms with Gasteiger partial charge in [-0.25, -0.2) is 4.39 Å². The molecule has 0 saturated heterocycles. The van der Waals surface area contributed by atoms with Gasteiger partial charge in [0.2, 0.25) is 5.91 Å². The molecule has 0 heterocycles. The summed E-state index contributed by atoms with van der Waals surface area (Å²) in [5, 5.41) is 3.08. The molecule has 0 aliphatic heterocycles. The largest absolute Gasteiger partial charge is 0.366 e. The summed E-state index contributed by atoms with van der Waals surface area (Å²) in [5.41, 5.74) is 5.70. The molecule has 0 saturated carbocycles. The minimum Gasteiger partial charge on any atom is -0.366 e. The number of hydrogen-bond donors (Lipinski definition) is 2. The van der Waals surface area contributed by atoms with Crippen LogP contribution >= 0.6 is 0 Å². The van der Waals surface area contributed by atoms with Crippen LogP contribution in [0.15, 0.2) is 18.2 Å². The number of terminal acetylenes is 1. The van der Waals surface area contributed by atoms with Gasteiger partial charge < -0.3 is 5.73 Å². The molecule has 0 aliphatic rings. The van der Waals surface area contributed by atoms with E-state index in [9.17, 15) is 9.18 Å². The molecule has 3 N–H and O–H groups in total. The molecule has 1 aromatic rings. The predicted octanol–water partition coefficient (Wildman–Crippen LogP) is 1.82. The van der Waals surface area contributed by atoms with Crippen LogP contribution in [0.25, 0.3) is 0 Å². The molecule has 1 rings (SSSR count). The van der Waals surface area contributed by atoms with Gasteiger partial charge in [0.1, 0.15) is 5.82 Å². The van der Waals surface area contributed by atoms with Crippen molar-refractivity contribution < 1.29 is 9.18 Å². The van der Waals surface area contributed by atoms with Crippen molar-refractivity contribution in [2.24, 2.45) is 5.73 Å². The molecule has 4 heteroatoms. The topological polar surface area (TPSA) is 55.1 Å². The van der Waals surface area contributed by atoms with E-state index in [-0.39, 0.29) is 11.6 Å². The number of benzene rings is 1. The van der Waals surface area contributed by atoms with Gasteiger partial charge in [-0.3, -0.25) is 10.1 Å². The van der Waals surface area contributed by atoms with E-state index in [0.29, 0.717) is 12.1 Å².